The van der Waals surface area contributed by atoms with Gasteiger partial charge in [-0.2, -0.15) is 0 Å². The lowest BCUT2D eigenvalue weighted by Gasteiger charge is -2.25. The van der Waals surface area contributed by atoms with Crippen molar-refractivity contribution < 1.29 is 14.7 Å². The summed E-state index contributed by atoms with van der Waals surface area (Å²) in [7, 11) is 0. The van der Waals surface area contributed by atoms with E-state index < -0.39 is 17.9 Å². The van der Waals surface area contributed by atoms with Gasteiger partial charge in [0.05, 0.1) is 0 Å². The highest BCUT2D eigenvalue weighted by molar-refractivity contribution is 5.93. The lowest BCUT2D eigenvalue weighted by Crippen LogP contribution is -2.39. The van der Waals surface area contributed by atoms with Gasteiger partial charge in [0.2, 0.25) is 5.91 Å². The molecule has 1 aromatic rings. The van der Waals surface area contributed by atoms with E-state index in [1.165, 1.54) is 0 Å². The summed E-state index contributed by atoms with van der Waals surface area (Å²) in [5, 5.41) is 9.24. The van der Waals surface area contributed by atoms with Gasteiger partial charge < -0.3 is 15.7 Å². The average Bonchev–Trinajstić information content (AvgIpc) is 2.71. The Hall–Kier alpha value is -2.04. The zero-order valence-corrected chi connectivity index (χ0v) is 10.2. The number of amides is 1. The van der Waals surface area contributed by atoms with E-state index in [1.807, 2.05) is 11.8 Å². The minimum absolute atomic E-state index is 0.123. The number of nitrogens with two attached hydrogens (primary N) is 1. The molecular formula is C13H16N2O3. The van der Waals surface area contributed by atoms with Crippen molar-refractivity contribution in [1.82, 2.24) is 0 Å². The third-order valence-electron chi connectivity index (χ3n) is 3.44. The van der Waals surface area contributed by atoms with E-state index in [9.17, 15) is 14.7 Å². The number of hydrogen-bond donors (Lipinski definition) is 2. The van der Waals surface area contributed by atoms with Crippen molar-refractivity contribution in [2.75, 3.05) is 11.4 Å². The maximum absolute atomic E-state index is 11.3. The second kappa shape index (κ2) is 4.68. The predicted molar refractivity (Wildman–Crippen MR) is 67.5 cm³/mol. The fourth-order valence-corrected chi connectivity index (χ4v) is 2.43. The van der Waals surface area contributed by atoms with Crippen LogP contribution in [0.15, 0.2) is 24.3 Å². The van der Waals surface area contributed by atoms with Crippen molar-refractivity contribution in [3.8, 4) is 0 Å². The summed E-state index contributed by atoms with van der Waals surface area (Å²) in [4.78, 5) is 24.1. The molecule has 1 heterocycles. The lowest BCUT2D eigenvalue weighted by atomic mass is 10.0. The van der Waals surface area contributed by atoms with Crippen molar-refractivity contribution in [2.24, 2.45) is 11.7 Å². The molecule has 1 saturated heterocycles. The number of hydrogen-bond acceptors (Lipinski definition) is 3. The number of anilines is 1. The van der Waals surface area contributed by atoms with Gasteiger partial charge in [0.25, 0.3) is 0 Å². The van der Waals surface area contributed by atoms with Crippen molar-refractivity contribution in [3.63, 3.8) is 0 Å². The van der Waals surface area contributed by atoms with E-state index in [2.05, 4.69) is 0 Å². The van der Waals surface area contributed by atoms with Crippen molar-refractivity contribution in [2.45, 2.75) is 19.4 Å². The Morgan fingerprint density at radius 3 is 2.44 bits per heavy atom. The van der Waals surface area contributed by atoms with Gasteiger partial charge in [0.15, 0.2) is 0 Å². The number of carbonyl (C=O) groups excluding carboxylic acids is 1. The van der Waals surface area contributed by atoms with Crippen LogP contribution in [-0.2, 0) is 4.79 Å². The number of carboxylic acid groups (broad SMARTS) is 1. The van der Waals surface area contributed by atoms with Crippen LogP contribution >= 0.6 is 0 Å². The second-order valence-corrected chi connectivity index (χ2v) is 4.65. The van der Waals surface area contributed by atoms with Crippen LogP contribution in [0.5, 0.6) is 0 Å². The molecule has 96 valence electrons. The normalized spacial score (nSPS) is 23.1. The van der Waals surface area contributed by atoms with Gasteiger partial charge in [0, 0.05) is 17.8 Å². The highest BCUT2D eigenvalue weighted by atomic mass is 16.4. The van der Waals surface area contributed by atoms with Gasteiger partial charge >= 0.3 is 5.97 Å². The summed E-state index contributed by atoms with van der Waals surface area (Å²) in [6.45, 7) is 2.66. The Bertz CT molecular complexity index is 470. The number of benzene rings is 1. The molecule has 0 saturated carbocycles. The number of aliphatic carboxylic acids is 1. The maximum Gasteiger partial charge on any atom is 0.326 e. The van der Waals surface area contributed by atoms with E-state index >= 15 is 0 Å². The Morgan fingerprint density at radius 2 is 1.94 bits per heavy atom. The standard InChI is InChI=1S/C13H16N2O3/c1-8-6-7-15(11(8)13(17)18)10-4-2-9(3-5-10)12(14)16/h2-5,8,11H,6-7H2,1H3,(H2,14,16)(H,17,18). The van der Waals surface area contributed by atoms with Crippen LogP contribution in [-0.4, -0.2) is 29.6 Å². The molecule has 0 spiro atoms. The molecular weight excluding hydrogens is 232 g/mol. The molecule has 1 aliphatic rings. The van der Waals surface area contributed by atoms with Gasteiger partial charge in [-0.3, -0.25) is 4.79 Å². The minimum Gasteiger partial charge on any atom is -0.480 e. The molecule has 1 aromatic carbocycles. The molecule has 1 amide bonds. The number of carboxylic acids is 1. The molecule has 0 radical (unpaired) electrons. The monoisotopic (exact) mass is 248 g/mol. The van der Waals surface area contributed by atoms with Gasteiger partial charge in [0.1, 0.15) is 6.04 Å². The zero-order chi connectivity index (χ0) is 13.3. The summed E-state index contributed by atoms with van der Waals surface area (Å²) in [6, 6.07) is 6.24. The fourth-order valence-electron chi connectivity index (χ4n) is 2.43. The predicted octanol–water partition coefficient (Wildman–Crippen LogP) is 1.08. The first-order valence-corrected chi connectivity index (χ1v) is 5.90. The molecule has 2 unspecified atom stereocenters. The Kier molecular flexibility index (Phi) is 3.23. The molecule has 2 atom stereocenters. The average molecular weight is 248 g/mol. The van der Waals surface area contributed by atoms with Crippen LogP contribution in [0.1, 0.15) is 23.7 Å². The number of nitrogens with zero attached hydrogens (tertiary/aromatic N) is 1. The van der Waals surface area contributed by atoms with E-state index in [1.54, 1.807) is 24.3 Å². The summed E-state index contributed by atoms with van der Waals surface area (Å²) in [6.07, 6.45) is 0.856. The third kappa shape index (κ3) is 2.16. The molecule has 2 rings (SSSR count). The molecule has 3 N–H and O–H groups in total. The molecule has 5 heteroatoms. The maximum atomic E-state index is 11.3. The number of primary amides is 1. The minimum atomic E-state index is -0.807. The van der Waals surface area contributed by atoms with Crippen molar-refractivity contribution >= 4 is 17.6 Å². The smallest absolute Gasteiger partial charge is 0.326 e. The molecule has 5 nitrogen and oxygen atoms in total. The van der Waals surface area contributed by atoms with Crippen LogP contribution in [0.3, 0.4) is 0 Å². The Balaban J connectivity index is 2.25. The molecule has 0 aliphatic carbocycles. The second-order valence-electron chi connectivity index (χ2n) is 4.65. The van der Waals surface area contributed by atoms with Crippen molar-refractivity contribution in [1.29, 1.82) is 0 Å². The molecule has 0 bridgehead atoms. The fraction of sp³-hybridized carbons (Fsp3) is 0.385. The van der Waals surface area contributed by atoms with Gasteiger partial charge in [-0.05, 0) is 36.6 Å². The Morgan fingerprint density at radius 1 is 1.33 bits per heavy atom. The SMILES string of the molecule is CC1CCN(c2ccc(C(N)=O)cc2)C1C(=O)O. The van der Waals surface area contributed by atoms with E-state index in [0.717, 1.165) is 12.1 Å². The number of rotatable bonds is 3. The first kappa shape index (κ1) is 12.4. The molecule has 1 fully saturated rings. The lowest BCUT2D eigenvalue weighted by molar-refractivity contribution is -0.139. The van der Waals surface area contributed by atoms with E-state index in [4.69, 9.17) is 5.73 Å². The van der Waals surface area contributed by atoms with Gasteiger partial charge in [-0.1, -0.05) is 6.92 Å². The van der Waals surface area contributed by atoms with Gasteiger partial charge in [-0.25, -0.2) is 4.79 Å². The highest BCUT2D eigenvalue weighted by Crippen LogP contribution is 2.29. The quantitative estimate of drug-likeness (QED) is 0.838. The Labute approximate surface area is 105 Å². The van der Waals surface area contributed by atoms with Crippen LogP contribution < -0.4 is 10.6 Å². The summed E-state index contributed by atoms with van der Waals surface area (Å²) < 4.78 is 0. The summed E-state index contributed by atoms with van der Waals surface area (Å²) in [5.41, 5.74) is 6.41. The molecule has 1 aliphatic heterocycles. The largest absolute Gasteiger partial charge is 0.480 e. The van der Waals surface area contributed by atoms with Crippen LogP contribution in [0.2, 0.25) is 0 Å². The first-order chi connectivity index (χ1) is 8.50. The zero-order valence-electron chi connectivity index (χ0n) is 10.2. The summed E-state index contributed by atoms with van der Waals surface area (Å²) >= 11 is 0. The topological polar surface area (TPSA) is 83.6 Å². The summed E-state index contributed by atoms with van der Waals surface area (Å²) in [5.74, 6) is -1.16. The molecule has 18 heavy (non-hydrogen) atoms. The molecule has 0 aromatic heterocycles. The van der Waals surface area contributed by atoms with Crippen molar-refractivity contribution in [3.05, 3.63) is 29.8 Å². The third-order valence-corrected chi connectivity index (χ3v) is 3.44. The highest BCUT2D eigenvalue weighted by Gasteiger charge is 2.36. The first-order valence-electron chi connectivity index (χ1n) is 5.90. The van der Waals surface area contributed by atoms with Crippen LogP contribution in [0, 0.1) is 5.92 Å². The van der Waals surface area contributed by atoms with E-state index in [0.29, 0.717) is 12.1 Å². The van der Waals surface area contributed by atoms with E-state index in [-0.39, 0.29) is 5.92 Å². The number of carbonyl (C=O) groups is 2. The van der Waals surface area contributed by atoms with Crippen LogP contribution in [0.4, 0.5) is 5.69 Å². The van der Waals surface area contributed by atoms with Gasteiger partial charge in [-0.15, -0.1) is 0 Å². The van der Waals surface area contributed by atoms with Crippen LogP contribution in [0.25, 0.3) is 0 Å².